The maximum atomic E-state index is 8.75. The number of aliphatic hydroxyl groups excluding tert-OH is 1. The fourth-order valence-electron chi connectivity index (χ4n) is 1.64. The van der Waals surface area contributed by atoms with Crippen molar-refractivity contribution in [3.05, 3.63) is 35.7 Å². The van der Waals surface area contributed by atoms with Crippen LogP contribution in [0, 0.1) is 0 Å². The molecule has 0 amide bonds. The van der Waals surface area contributed by atoms with E-state index in [0.29, 0.717) is 12.4 Å². The molecule has 1 N–H and O–H groups in total. The van der Waals surface area contributed by atoms with Crippen molar-refractivity contribution >= 4 is 0 Å². The van der Waals surface area contributed by atoms with Crippen LogP contribution in [0.15, 0.2) is 24.3 Å². The van der Waals surface area contributed by atoms with Gasteiger partial charge in [0.25, 0.3) is 0 Å². The number of aliphatic hydroxyl groups is 1. The van der Waals surface area contributed by atoms with Crippen LogP contribution in [0.2, 0.25) is 0 Å². The molecule has 0 aliphatic heterocycles. The number of aryl methyl sites for hydroxylation is 2. The Bertz CT molecular complexity index is 498. The van der Waals surface area contributed by atoms with Crippen LogP contribution < -0.4 is 4.74 Å². The van der Waals surface area contributed by atoms with E-state index >= 15 is 0 Å². The van der Waals surface area contributed by atoms with Crippen LogP contribution in [0.3, 0.4) is 0 Å². The van der Waals surface area contributed by atoms with Gasteiger partial charge in [0, 0.05) is 6.42 Å². The van der Waals surface area contributed by atoms with Gasteiger partial charge in [-0.05, 0) is 29.3 Å². The molecule has 0 saturated heterocycles. The summed E-state index contributed by atoms with van der Waals surface area (Å²) in [5, 5.41) is 20.7. The van der Waals surface area contributed by atoms with Crippen LogP contribution in [0.1, 0.15) is 11.4 Å². The molecule has 6 nitrogen and oxygen atoms in total. The van der Waals surface area contributed by atoms with E-state index in [1.54, 1.807) is 7.11 Å². The molecule has 1 aromatic heterocycles. The van der Waals surface area contributed by atoms with E-state index in [4.69, 9.17) is 9.84 Å². The second kappa shape index (κ2) is 6.11. The van der Waals surface area contributed by atoms with Gasteiger partial charge in [0.15, 0.2) is 5.82 Å². The molecule has 18 heavy (non-hydrogen) atoms. The number of aromatic nitrogens is 4. The lowest BCUT2D eigenvalue weighted by Crippen LogP contribution is -2.06. The molecule has 2 rings (SSSR count). The summed E-state index contributed by atoms with van der Waals surface area (Å²) >= 11 is 0. The Hall–Kier alpha value is -1.95. The molecule has 0 radical (unpaired) electrons. The Balaban J connectivity index is 1.93. The Morgan fingerprint density at radius 1 is 1.33 bits per heavy atom. The normalized spacial score (nSPS) is 10.6. The maximum Gasteiger partial charge on any atom is 0.175 e. The van der Waals surface area contributed by atoms with Crippen molar-refractivity contribution in [2.75, 3.05) is 13.7 Å². The summed E-state index contributed by atoms with van der Waals surface area (Å²) in [7, 11) is 1.65. The highest BCUT2D eigenvalue weighted by molar-refractivity contribution is 5.28. The molecule has 0 spiro atoms. The average molecular weight is 248 g/mol. The molecule has 0 aliphatic rings. The first-order chi connectivity index (χ1) is 8.81. The van der Waals surface area contributed by atoms with Crippen LogP contribution in [0.25, 0.3) is 0 Å². The highest BCUT2D eigenvalue weighted by atomic mass is 16.5. The summed E-state index contributed by atoms with van der Waals surface area (Å²) in [4.78, 5) is 1.40. The lowest BCUT2D eigenvalue weighted by atomic mass is 10.1. The Morgan fingerprint density at radius 3 is 3.00 bits per heavy atom. The van der Waals surface area contributed by atoms with Crippen LogP contribution >= 0.6 is 0 Å². The molecule has 0 fully saturated rings. The molecule has 1 aromatic carbocycles. The standard InChI is InChI=1S/C12H16N4O2/c1-18-11-4-2-3-10(9-11)5-6-12-13-15-16(14-12)7-8-17/h2-4,9,17H,5-8H2,1H3. The van der Waals surface area contributed by atoms with E-state index in [1.807, 2.05) is 24.3 Å². The zero-order valence-corrected chi connectivity index (χ0v) is 10.3. The van der Waals surface area contributed by atoms with E-state index in [-0.39, 0.29) is 6.61 Å². The van der Waals surface area contributed by atoms with Gasteiger partial charge in [-0.1, -0.05) is 12.1 Å². The highest BCUT2D eigenvalue weighted by Crippen LogP contribution is 2.13. The number of benzene rings is 1. The molecular weight excluding hydrogens is 232 g/mol. The van der Waals surface area contributed by atoms with Crippen molar-refractivity contribution in [2.45, 2.75) is 19.4 Å². The lowest BCUT2D eigenvalue weighted by Gasteiger charge is -2.02. The summed E-state index contributed by atoms with van der Waals surface area (Å²) < 4.78 is 5.17. The van der Waals surface area contributed by atoms with Gasteiger partial charge in [-0.15, -0.1) is 10.2 Å². The van der Waals surface area contributed by atoms with Crippen LogP contribution in [0.4, 0.5) is 0 Å². The highest BCUT2D eigenvalue weighted by Gasteiger charge is 2.03. The van der Waals surface area contributed by atoms with E-state index in [1.165, 1.54) is 10.4 Å². The van der Waals surface area contributed by atoms with Gasteiger partial charge in [-0.25, -0.2) is 0 Å². The van der Waals surface area contributed by atoms with Crippen LogP contribution in [0.5, 0.6) is 5.75 Å². The predicted molar refractivity (Wildman–Crippen MR) is 65.3 cm³/mol. The molecule has 6 heteroatoms. The molecule has 1 heterocycles. The van der Waals surface area contributed by atoms with Crippen molar-refractivity contribution in [2.24, 2.45) is 0 Å². The zero-order chi connectivity index (χ0) is 12.8. The molecular formula is C12H16N4O2. The lowest BCUT2D eigenvalue weighted by molar-refractivity contribution is 0.259. The van der Waals surface area contributed by atoms with Crippen LogP contribution in [-0.2, 0) is 19.4 Å². The number of methoxy groups -OCH3 is 1. The Morgan fingerprint density at radius 2 is 2.22 bits per heavy atom. The molecule has 2 aromatic rings. The zero-order valence-electron chi connectivity index (χ0n) is 10.3. The fraction of sp³-hybridized carbons (Fsp3) is 0.417. The van der Waals surface area contributed by atoms with Gasteiger partial charge in [0.1, 0.15) is 5.75 Å². The first kappa shape index (κ1) is 12.5. The van der Waals surface area contributed by atoms with Gasteiger partial charge in [0.2, 0.25) is 0 Å². The second-order valence-electron chi connectivity index (χ2n) is 3.88. The summed E-state index contributed by atoms with van der Waals surface area (Å²) in [6.07, 6.45) is 1.56. The second-order valence-corrected chi connectivity index (χ2v) is 3.88. The molecule has 0 atom stereocenters. The smallest absolute Gasteiger partial charge is 0.175 e. The van der Waals surface area contributed by atoms with Gasteiger partial charge in [-0.2, -0.15) is 4.80 Å². The maximum absolute atomic E-state index is 8.75. The van der Waals surface area contributed by atoms with Crippen LogP contribution in [-0.4, -0.2) is 39.0 Å². The number of hydrogen-bond acceptors (Lipinski definition) is 5. The minimum absolute atomic E-state index is 0.0195. The summed E-state index contributed by atoms with van der Waals surface area (Å²) in [5.74, 6) is 1.54. The quantitative estimate of drug-likeness (QED) is 0.804. The van der Waals surface area contributed by atoms with Gasteiger partial charge in [-0.3, -0.25) is 0 Å². The van der Waals surface area contributed by atoms with E-state index in [2.05, 4.69) is 15.4 Å². The Labute approximate surface area is 105 Å². The summed E-state index contributed by atoms with van der Waals surface area (Å²) in [6.45, 7) is 0.401. The van der Waals surface area contributed by atoms with Crippen molar-refractivity contribution in [1.82, 2.24) is 20.2 Å². The number of nitrogens with zero attached hydrogens (tertiary/aromatic N) is 4. The minimum Gasteiger partial charge on any atom is -0.497 e. The first-order valence-corrected chi connectivity index (χ1v) is 5.82. The van der Waals surface area contributed by atoms with Gasteiger partial charge in [0.05, 0.1) is 20.3 Å². The number of tetrazole rings is 1. The molecule has 0 saturated carbocycles. The molecule has 0 bridgehead atoms. The third kappa shape index (κ3) is 3.27. The fourth-order valence-corrected chi connectivity index (χ4v) is 1.64. The largest absolute Gasteiger partial charge is 0.497 e. The summed E-state index contributed by atoms with van der Waals surface area (Å²) in [5.41, 5.74) is 1.17. The van der Waals surface area contributed by atoms with Crippen molar-refractivity contribution in [1.29, 1.82) is 0 Å². The number of ether oxygens (including phenoxy) is 1. The Kier molecular flexibility index (Phi) is 4.25. The SMILES string of the molecule is COc1cccc(CCc2nnn(CCO)n2)c1. The minimum atomic E-state index is 0.0195. The van der Waals surface area contributed by atoms with E-state index in [0.717, 1.165) is 18.6 Å². The van der Waals surface area contributed by atoms with E-state index in [9.17, 15) is 0 Å². The monoisotopic (exact) mass is 248 g/mol. The summed E-state index contributed by atoms with van der Waals surface area (Å²) in [6, 6.07) is 7.92. The predicted octanol–water partition coefficient (Wildman–Crippen LogP) is 0.459. The number of hydrogen-bond donors (Lipinski definition) is 1. The van der Waals surface area contributed by atoms with Crippen molar-refractivity contribution in [3.8, 4) is 5.75 Å². The van der Waals surface area contributed by atoms with Crippen molar-refractivity contribution < 1.29 is 9.84 Å². The van der Waals surface area contributed by atoms with Crippen molar-refractivity contribution in [3.63, 3.8) is 0 Å². The third-order valence-electron chi connectivity index (χ3n) is 2.57. The number of rotatable bonds is 6. The molecule has 0 unspecified atom stereocenters. The van der Waals surface area contributed by atoms with E-state index < -0.39 is 0 Å². The first-order valence-electron chi connectivity index (χ1n) is 5.82. The molecule has 0 aliphatic carbocycles. The van der Waals surface area contributed by atoms with Gasteiger partial charge >= 0.3 is 0 Å². The topological polar surface area (TPSA) is 73.1 Å². The third-order valence-corrected chi connectivity index (χ3v) is 2.57. The van der Waals surface area contributed by atoms with Gasteiger partial charge < -0.3 is 9.84 Å². The average Bonchev–Trinajstić information content (AvgIpc) is 2.85. The molecule has 96 valence electrons.